The average Bonchev–Trinajstić information content (AvgIpc) is 2.68. The zero-order valence-corrected chi connectivity index (χ0v) is 14.2. The van der Waals surface area contributed by atoms with Crippen LogP contribution in [0.5, 0.6) is 0 Å². The number of hydrazine groups is 1. The van der Waals surface area contributed by atoms with Gasteiger partial charge in [-0.2, -0.15) is 0 Å². The first-order valence-corrected chi connectivity index (χ1v) is 9.79. The summed E-state index contributed by atoms with van der Waals surface area (Å²) in [6.07, 6.45) is 0.349. The van der Waals surface area contributed by atoms with Gasteiger partial charge >= 0.3 is 0 Å². The van der Waals surface area contributed by atoms with E-state index in [0.29, 0.717) is 6.16 Å². The maximum atomic E-state index is 12.3. The van der Waals surface area contributed by atoms with Gasteiger partial charge in [0.15, 0.2) is 6.16 Å². The molecule has 0 aromatic heterocycles. The molecule has 24 heavy (non-hydrogen) atoms. The molecule has 0 radical (unpaired) electrons. The summed E-state index contributed by atoms with van der Waals surface area (Å²) >= 11 is 0. The van der Waals surface area contributed by atoms with Crippen LogP contribution >= 0.6 is 7.26 Å². The van der Waals surface area contributed by atoms with Crippen LogP contribution < -0.4 is 27.2 Å². The highest BCUT2D eigenvalue weighted by Crippen LogP contribution is 2.54. The summed E-state index contributed by atoms with van der Waals surface area (Å²) < 4.78 is 0. The Labute approximate surface area is 142 Å². The predicted octanol–water partition coefficient (Wildman–Crippen LogP) is 1.97. The molecule has 0 saturated carbocycles. The van der Waals surface area contributed by atoms with Crippen LogP contribution in [0.4, 0.5) is 0 Å². The van der Waals surface area contributed by atoms with Gasteiger partial charge in [0, 0.05) is 0 Å². The van der Waals surface area contributed by atoms with E-state index in [0.717, 1.165) is 0 Å². The fraction of sp³-hybridized carbons (Fsp3) is 0.0500. The van der Waals surface area contributed by atoms with Crippen molar-refractivity contribution in [3.63, 3.8) is 0 Å². The highest BCUT2D eigenvalue weighted by atomic mass is 31.2. The van der Waals surface area contributed by atoms with Crippen molar-refractivity contribution in [1.82, 2.24) is 5.43 Å². The number of amides is 1. The van der Waals surface area contributed by atoms with Crippen LogP contribution in [0.3, 0.4) is 0 Å². The van der Waals surface area contributed by atoms with E-state index >= 15 is 0 Å². The normalized spacial score (nSPS) is 11.0. The maximum Gasteiger partial charge on any atom is 0.272 e. The molecule has 0 spiro atoms. The molecule has 1 amide bonds. The lowest BCUT2D eigenvalue weighted by atomic mass is 10.4. The van der Waals surface area contributed by atoms with Crippen molar-refractivity contribution >= 4 is 29.1 Å². The van der Waals surface area contributed by atoms with Crippen LogP contribution in [0.15, 0.2) is 91.0 Å². The van der Waals surface area contributed by atoms with E-state index in [1.165, 1.54) is 15.9 Å². The van der Waals surface area contributed by atoms with E-state index in [1.807, 2.05) is 54.6 Å². The molecule has 0 atom stereocenters. The molecule has 3 N–H and O–H groups in total. The Morgan fingerprint density at radius 3 is 1.33 bits per heavy atom. The number of carbonyl (C=O) groups excluding carboxylic acids is 1. The van der Waals surface area contributed by atoms with E-state index in [-0.39, 0.29) is 5.91 Å². The predicted molar refractivity (Wildman–Crippen MR) is 102 cm³/mol. The van der Waals surface area contributed by atoms with Crippen molar-refractivity contribution in [3.05, 3.63) is 91.0 Å². The van der Waals surface area contributed by atoms with E-state index in [1.54, 1.807) is 0 Å². The summed E-state index contributed by atoms with van der Waals surface area (Å²) in [6.45, 7) is 0. The first-order valence-electron chi connectivity index (χ1n) is 7.82. The van der Waals surface area contributed by atoms with Crippen LogP contribution in [0.25, 0.3) is 0 Å². The van der Waals surface area contributed by atoms with Crippen LogP contribution in [0.2, 0.25) is 0 Å². The van der Waals surface area contributed by atoms with Gasteiger partial charge in [-0.15, -0.1) is 0 Å². The number of carbonyl (C=O) groups is 1. The summed E-state index contributed by atoms with van der Waals surface area (Å²) in [5.41, 5.74) is 2.32. The lowest BCUT2D eigenvalue weighted by Gasteiger charge is -2.26. The molecule has 0 unspecified atom stereocenters. The van der Waals surface area contributed by atoms with Crippen molar-refractivity contribution in [2.75, 3.05) is 6.16 Å². The Morgan fingerprint density at radius 1 is 0.708 bits per heavy atom. The molecule has 3 rings (SSSR count). The van der Waals surface area contributed by atoms with E-state index in [4.69, 9.17) is 5.84 Å². The molecule has 4 heteroatoms. The van der Waals surface area contributed by atoms with Crippen molar-refractivity contribution in [2.24, 2.45) is 5.84 Å². The highest BCUT2D eigenvalue weighted by molar-refractivity contribution is 7.96. The molecular formula is C20H20N2OP+. The van der Waals surface area contributed by atoms with Crippen molar-refractivity contribution in [1.29, 1.82) is 0 Å². The zero-order chi connectivity index (χ0) is 16.8. The highest BCUT2D eigenvalue weighted by Gasteiger charge is 2.47. The molecular weight excluding hydrogens is 315 g/mol. The standard InChI is InChI=1S/C20H19N2OP/c21-22-20(23)16-24(17-10-4-1-5-11-17,18-12-6-2-7-13-18)19-14-8-3-9-15-19/h1-15H,16,21H2/p+1. The quantitative estimate of drug-likeness (QED) is 0.324. The summed E-state index contributed by atoms with van der Waals surface area (Å²) in [5, 5.41) is 3.52. The topological polar surface area (TPSA) is 55.1 Å². The smallest absolute Gasteiger partial charge is 0.272 e. The molecule has 0 saturated heterocycles. The van der Waals surface area contributed by atoms with Gasteiger partial charge in [0.25, 0.3) is 5.91 Å². The van der Waals surface area contributed by atoms with Gasteiger partial charge in [0.1, 0.15) is 23.2 Å². The second-order valence-corrected chi connectivity index (χ2v) is 9.03. The third-order valence-corrected chi connectivity index (χ3v) is 8.43. The van der Waals surface area contributed by atoms with Crippen molar-refractivity contribution in [3.8, 4) is 0 Å². The number of hydrogen-bond donors (Lipinski definition) is 2. The molecule has 0 aliphatic rings. The molecule has 3 aromatic carbocycles. The van der Waals surface area contributed by atoms with Gasteiger partial charge in [-0.05, 0) is 36.4 Å². The molecule has 0 heterocycles. The Bertz CT molecular complexity index is 695. The summed E-state index contributed by atoms with van der Waals surface area (Å²) in [7, 11) is -2.12. The summed E-state index contributed by atoms with van der Waals surface area (Å²) in [4.78, 5) is 12.3. The van der Waals surface area contributed by atoms with Crippen molar-refractivity contribution < 1.29 is 4.79 Å². The van der Waals surface area contributed by atoms with Gasteiger partial charge in [-0.25, -0.2) is 5.84 Å². The molecule has 3 aromatic rings. The number of nitrogens with two attached hydrogens (primary N) is 1. The second kappa shape index (κ2) is 7.39. The first kappa shape index (κ1) is 16.4. The van der Waals surface area contributed by atoms with Crippen LogP contribution in [0, 0.1) is 0 Å². The van der Waals surface area contributed by atoms with Crippen molar-refractivity contribution in [2.45, 2.75) is 0 Å². The minimum Gasteiger partial charge on any atom is -0.291 e. The number of rotatable bonds is 5. The van der Waals surface area contributed by atoms with Gasteiger partial charge in [-0.3, -0.25) is 10.2 Å². The minimum atomic E-state index is -2.12. The van der Waals surface area contributed by atoms with Gasteiger partial charge in [0.05, 0.1) is 0 Å². The Morgan fingerprint density at radius 2 is 1.04 bits per heavy atom. The van der Waals surface area contributed by atoms with Gasteiger partial charge in [0.2, 0.25) is 0 Å². The molecule has 0 aliphatic carbocycles. The van der Waals surface area contributed by atoms with E-state index in [9.17, 15) is 4.79 Å². The Hall–Kier alpha value is -2.48. The number of nitrogens with one attached hydrogen (secondary N) is 1. The Balaban J connectivity index is 2.30. The lowest BCUT2D eigenvalue weighted by molar-refractivity contribution is -0.118. The number of hydrogen-bond acceptors (Lipinski definition) is 2. The Kier molecular flexibility index (Phi) is 5.05. The third kappa shape index (κ3) is 3.09. The van der Waals surface area contributed by atoms with Crippen LogP contribution in [-0.4, -0.2) is 12.1 Å². The molecule has 0 aliphatic heterocycles. The van der Waals surface area contributed by atoms with E-state index < -0.39 is 7.26 Å². The third-order valence-electron chi connectivity index (χ3n) is 4.13. The van der Waals surface area contributed by atoms with Gasteiger partial charge < -0.3 is 0 Å². The van der Waals surface area contributed by atoms with Crippen LogP contribution in [-0.2, 0) is 4.79 Å². The average molecular weight is 335 g/mol. The molecule has 120 valence electrons. The summed E-state index contributed by atoms with van der Waals surface area (Å²) in [5.74, 6) is 5.28. The van der Waals surface area contributed by atoms with E-state index in [2.05, 4.69) is 41.8 Å². The largest absolute Gasteiger partial charge is 0.291 e. The first-order chi connectivity index (χ1) is 11.8. The summed E-state index contributed by atoms with van der Waals surface area (Å²) in [6, 6.07) is 30.8. The zero-order valence-electron chi connectivity index (χ0n) is 13.3. The molecule has 0 bridgehead atoms. The molecule has 3 nitrogen and oxygen atoms in total. The SMILES string of the molecule is NNC(=O)C[P+](c1ccccc1)(c1ccccc1)c1ccccc1. The second-order valence-electron chi connectivity index (χ2n) is 5.54. The fourth-order valence-corrected chi connectivity index (χ4v) is 7.04. The maximum absolute atomic E-state index is 12.3. The monoisotopic (exact) mass is 335 g/mol. The van der Waals surface area contributed by atoms with Gasteiger partial charge in [-0.1, -0.05) is 54.6 Å². The fourth-order valence-electron chi connectivity index (χ4n) is 3.03. The lowest BCUT2D eigenvalue weighted by Crippen LogP contribution is -2.41. The van der Waals surface area contributed by atoms with Crippen LogP contribution in [0.1, 0.15) is 0 Å². The molecule has 0 fully saturated rings. The minimum absolute atomic E-state index is 0.153. The number of benzene rings is 3.